The summed E-state index contributed by atoms with van der Waals surface area (Å²) < 4.78 is 4.61. The van der Waals surface area contributed by atoms with Crippen LogP contribution in [-0.2, 0) is 6.54 Å². The summed E-state index contributed by atoms with van der Waals surface area (Å²) in [6.45, 7) is 4.80. The normalized spacial score (nSPS) is 29.4. The van der Waals surface area contributed by atoms with Gasteiger partial charge in [-0.25, -0.2) is 0 Å². The molecule has 1 fully saturated rings. The highest BCUT2D eigenvalue weighted by Crippen LogP contribution is 2.22. The van der Waals surface area contributed by atoms with Gasteiger partial charge in [0, 0.05) is 11.3 Å². The van der Waals surface area contributed by atoms with E-state index in [1.165, 1.54) is 6.39 Å². The highest BCUT2D eigenvalue weighted by atomic mass is 32.2. The molecule has 1 N–H and O–H groups in total. The second-order valence-corrected chi connectivity index (χ2v) is 4.59. The minimum Gasteiger partial charge on any atom is -0.361 e. The molecule has 5 nitrogen and oxygen atoms in total. The van der Waals surface area contributed by atoms with Crippen molar-refractivity contribution in [2.75, 3.05) is 0 Å². The lowest BCUT2D eigenvalue weighted by atomic mass is 10.3. The van der Waals surface area contributed by atoms with E-state index in [9.17, 15) is 0 Å². The molecule has 2 atom stereocenters. The average Bonchev–Trinajstić information content (AvgIpc) is 2.74. The first-order valence-electron chi connectivity index (χ1n) is 4.48. The fraction of sp³-hybridized carbons (Fsp3) is 0.625. The molecule has 6 heteroatoms. The molecule has 0 saturated carbocycles. The number of nitrogens with zero attached hydrogens (tertiary/aromatic N) is 3. The van der Waals surface area contributed by atoms with Crippen LogP contribution in [0.5, 0.6) is 0 Å². The Morgan fingerprint density at radius 1 is 1.64 bits per heavy atom. The maximum Gasteiger partial charge on any atom is 0.213 e. The van der Waals surface area contributed by atoms with Crippen LogP contribution in [0.1, 0.15) is 19.7 Å². The van der Waals surface area contributed by atoms with Crippen LogP contribution in [0, 0.1) is 0 Å². The van der Waals surface area contributed by atoms with Gasteiger partial charge in [-0.3, -0.25) is 4.99 Å². The third kappa shape index (κ3) is 2.06. The summed E-state index contributed by atoms with van der Waals surface area (Å²) in [6, 6.07) is 0.476. The van der Waals surface area contributed by atoms with Crippen molar-refractivity contribution >= 4 is 16.9 Å². The van der Waals surface area contributed by atoms with Crippen molar-refractivity contribution < 1.29 is 4.52 Å². The smallest absolute Gasteiger partial charge is 0.213 e. The van der Waals surface area contributed by atoms with Crippen LogP contribution < -0.4 is 5.32 Å². The quantitative estimate of drug-likeness (QED) is 0.793. The molecule has 1 saturated heterocycles. The Morgan fingerprint density at radius 3 is 3.07 bits per heavy atom. The molecule has 1 aliphatic heterocycles. The lowest BCUT2D eigenvalue weighted by Gasteiger charge is -2.04. The molecular formula is C8H12N4OS. The highest BCUT2D eigenvalue weighted by Gasteiger charge is 2.23. The molecule has 0 aliphatic carbocycles. The molecule has 2 unspecified atom stereocenters. The highest BCUT2D eigenvalue weighted by molar-refractivity contribution is 8.14. The zero-order valence-electron chi connectivity index (χ0n) is 8.10. The molecule has 2 rings (SSSR count). The minimum atomic E-state index is 0.476. The molecule has 2 heterocycles. The van der Waals surface area contributed by atoms with E-state index in [-0.39, 0.29) is 0 Å². The number of hydrogen-bond acceptors (Lipinski definition) is 5. The molecule has 1 aromatic rings. The molecule has 1 aromatic heterocycles. The number of aromatic nitrogens is 2. The predicted octanol–water partition coefficient (Wildman–Crippen LogP) is 1.04. The molecule has 0 bridgehead atoms. The number of nitrogens with one attached hydrogen (secondary N) is 1. The van der Waals surface area contributed by atoms with E-state index in [1.54, 1.807) is 11.8 Å². The van der Waals surface area contributed by atoms with Gasteiger partial charge in [-0.2, -0.15) is 4.98 Å². The fourth-order valence-corrected chi connectivity index (χ4v) is 2.13. The van der Waals surface area contributed by atoms with Gasteiger partial charge in [0.25, 0.3) is 0 Å². The van der Waals surface area contributed by atoms with Gasteiger partial charge in [-0.05, 0) is 6.92 Å². The largest absolute Gasteiger partial charge is 0.361 e. The second kappa shape index (κ2) is 4.00. The third-order valence-electron chi connectivity index (χ3n) is 2.12. The van der Waals surface area contributed by atoms with Crippen LogP contribution in [0.3, 0.4) is 0 Å². The van der Waals surface area contributed by atoms with Crippen molar-refractivity contribution in [1.82, 2.24) is 15.5 Å². The molecular weight excluding hydrogens is 200 g/mol. The number of thioether (sulfide) groups is 1. The van der Waals surface area contributed by atoms with Gasteiger partial charge in [-0.1, -0.05) is 23.8 Å². The molecule has 0 aromatic carbocycles. The first kappa shape index (κ1) is 9.51. The number of amidine groups is 1. The summed E-state index contributed by atoms with van der Waals surface area (Å²) in [7, 11) is 0. The maximum atomic E-state index is 4.61. The van der Waals surface area contributed by atoms with Gasteiger partial charge in [0.05, 0.1) is 0 Å². The first-order chi connectivity index (χ1) is 6.75. The predicted molar refractivity (Wildman–Crippen MR) is 55.1 cm³/mol. The average molecular weight is 212 g/mol. The van der Waals surface area contributed by atoms with Crippen molar-refractivity contribution in [3.05, 3.63) is 12.2 Å². The SMILES string of the molecule is CC1NC(=NCc2ncon2)SC1C. The number of aliphatic imine (C=N–C) groups is 1. The van der Waals surface area contributed by atoms with Crippen molar-refractivity contribution in [3.63, 3.8) is 0 Å². The van der Waals surface area contributed by atoms with E-state index in [4.69, 9.17) is 0 Å². The zero-order chi connectivity index (χ0) is 9.97. The van der Waals surface area contributed by atoms with E-state index >= 15 is 0 Å². The standard InChI is InChI=1S/C8H12N4OS/c1-5-6(2)14-8(11-5)9-3-7-10-4-13-12-7/h4-6H,3H2,1-2H3,(H,9,11). The third-order valence-corrected chi connectivity index (χ3v) is 3.37. The lowest BCUT2D eigenvalue weighted by molar-refractivity contribution is 0.410. The molecule has 76 valence electrons. The Morgan fingerprint density at radius 2 is 2.50 bits per heavy atom. The van der Waals surface area contributed by atoms with E-state index < -0.39 is 0 Å². The van der Waals surface area contributed by atoms with Crippen LogP contribution in [0.2, 0.25) is 0 Å². The van der Waals surface area contributed by atoms with Crippen molar-refractivity contribution in [1.29, 1.82) is 0 Å². The minimum absolute atomic E-state index is 0.476. The number of rotatable bonds is 2. The maximum absolute atomic E-state index is 4.61. The van der Waals surface area contributed by atoms with E-state index in [0.717, 1.165) is 5.17 Å². The van der Waals surface area contributed by atoms with Crippen LogP contribution in [0.4, 0.5) is 0 Å². The topological polar surface area (TPSA) is 63.3 Å². The van der Waals surface area contributed by atoms with Crippen molar-refractivity contribution in [2.45, 2.75) is 31.7 Å². The monoisotopic (exact) mass is 212 g/mol. The Kier molecular flexibility index (Phi) is 2.72. The van der Waals surface area contributed by atoms with Gasteiger partial charge >= 0.3 is 0 Å². The van der Waals surface area contributed by atoms with Crippen LogP contribution in [0.25, 0.3) is 0 Å². The van der Waals surface area contributed by atoms with Crippen LogP contribution in [0.15, 0.2) is 15.9 Å². The zero-order valence-corrected chi connectivity index (χ0v) is 8.91. The van der Waals surface area contributed by atoms with E-state index in [0.29, 0.717) is 23.7 Å². The Labute approximate surface area is 86.4 Å². The van der Waals surface area contributed by atoms with Crippen LogP contribution in [-0.4, -0.2) is 26.6 Å². The van der Waals surface area contributed by atoms with E-state index in [1.807, 2.05) is 0 Å². The molecule has 0 amide bonds. The van der Waals surface area contributed by atoms with Gasteiger partial charge < -0.3 is 9.84 Å². The number of hydrogen-bond donors (Lipinski definition) is 1. The van der Waals surface area contributed by atoms with Gasteiger partial charge in [0.15, 0.2) is 11.0 Å². The van der Waals surface area contributed by atoms with Gasteiger partial charge in [0.2, 0.25) is 6.39 Å². The van der Waals surface area contributed by atoms with Gasteiger partial charge in [-0.15, -0.1) is 0 Å². The lowest BCUT2D eigenvalue weighted by Crippen LogP contribution is -2.26. The first-order valence-corrected chi connectivity index (χ1v) is 5.36. The fourth-order valence-electron chi connectivity index (χ4n) is 1.11. The second-order valence-electron chi connectivity index (χ2n) is 3.22. The van der Waals surface area contributed by atoms with E-state index in [2.05, 4.69) is 38.8 Å². The summed E-state index contributed by atoms with van der Waals surface area (Å²) in [5.74, 6) is 0.618. The van der Waals surface area contributed by atoms with Crippen molar-refractivity contribution in [2.24, 2.45) is 4.99 Å². The summed E-state index contributed by atoms with van der Waals surface area (Å²) >= 11 is 1.75. The molecule has 0 spiro atoms. The Bertz CT molecular complexity index is 312. The molecule has 1 aliphatic rings. The summed E-state index contributed by atoms with van der Waals surface area (Å²) in [6.07, 6.45) is 1.32. The Hall–Kier alpha value is -1.04. The van der Waals surface area contributed by atoms with Gasteiger partial charge in [0.1, 0.15) is 6.54 Å². The molecule has 14 heavy (non-hydrogen) atoms. The molecule has 0 radical (unpaired) electrons. The summed E-state index contributed by atoms with van der Waals surface area (Å²) in [4.78, 5) is 8.24. The Balaban J connectivity index is 1.93. The summed E-state index contributed by atoms with van der Waals surface area (Å²) in [5, 5.41) is 8.51. The summed E-state index contributed by atoms with van der Waals surface area (Å²) in [5.41, 5.74) is 0. The van der Waals surface area contributed by atoms with Crippen LogP contribution >= 0.6 is 11.8 Å². The van der Waals surface area contributed by atoms with Crippen molar-refractivity contribution in [3.8, 4) is 0 Å².